The molecule has 1 aromatic carbocycles. The summed E-state index contributed by atoms with van der Waals surface area (Å²) in [5.41, 5.74) is 0. The molecule has 1 fully saturated rings. The smallest absolute Gasteiger partial charge is 0.327 e. The Hall–Kier alpha value is -1.06. The molecular weight excluding hydrogens is 324 g/mol. The van der Waals surface area contributed by atoms with E-state index >= 15 is 0 Å². The van der Waals surface area contributed by atoms with E-state index in [1.165, 1.54) is 64.2 Å². The largest absolute Gasteiger partial charge is 0.439 e. The summed E-state index contributed by atoms with van der Waals surface area (Å²) >= 11 is 0. The Morgan fingerprint density at radius 3 is 2.12 bits per heavy atom. The van der Waals surface area contributed by atoms with Gasteiger partial charge in [-0.3, -0.25) is 0 Å². The van der Waals surface area contributed by atoms with Gasteiger partial charge in [0.05, 0.1) is 12.5 Å². The molecule has 2 atom stereocenters. The van der Waals surface area contributed by atoms with Gasteiger partial charge in [0.25, 0.3) is 0 Å². The third-order valence-electron chi connectivity index (χ3n) is 5.45. The third kappa shape index (κ3) is 7.67. The summed E-state index contributed by atoms with van der Waals surface area (Å²) in [6.45, 7) is 2.85. The molecule has 0 spiro atoms. The van der Waals surface area contributed by atoms with Crippen molar-refractivity contribution >= 4 is 0 Å². The molecule has 1 aliphatic heterocycles. The average Bonchev–Trinajstić information content (AvgIpc) is 3.00. The first-order valence-electron chi connectivity index (χ1n) is 10.8. The molecule has 1 heterocycles. The van der Waals surface area contributed by atoms with Gasteiger partial charge >= 0.3 is 5.97 Å². The minimum Gasteiger partial charge on any atom is -0.439 e. The van der Waals surface area contributed by atoms with Crippen LogP contribution in [0.1, 0.15) is 90.4 Å². The molecule has 0 aromatic heterocycles. The maximum atomic E-state index is 10.7. The number of unbranched alkanes of at least 4 members (excludes halogenated alkanes) is 10. The molecule has 0 amide bonds. The molecule has 1 aromatic rings. The Balaban J connectivity index is 1.53. The van der Waals surface area contributed by atoms with Gasteiger partial charge in [-0.15, -0.1) is 0 Å². The molecule has 1 N–H and O–H groups in total. The van der Waals surface area contributed by atoms with Gasteiger partial charge in [0.15, 0.2) is 0 Å². The van der Waals surface area contributed by atoms with E-state index in [4.69, 9.17) is 9.47 Å². The molecule has 3 heteroatoms. The zero-order valence-electron chi connectivity index (χ0n) is 16.6. The first kappa shape index (κ1) is 21.2. The Bertz CT molecular complexity index is 462. The van der Waals surface area contributed by atoms with E-state index in [2.05, 4.69) is 6.92 Å². The highest BCUT2D eigenvalue weighted by atomic mass is 16.8. The minimum absolute atomic E-state index is 0.0706. The highest BCUT2D eigenvalue weighted by molar-refractivity contribution is 5.21. The van der Waals surface area contributed by atoms with Crippen molar-refractivity contribution in [1.82, 2.24) is 0 Å². The lowest BCUT2D eigenvalue weighted by Crippen LogP contribution is -2.41. The van der Waals surface area contributed by atoms with Crippen molar-refractivity contribution in [3.8, 4) is 5.75 Å². The molecule has 3 nitrogen and oxygen atoms in total. The van der Waals surface area contributed by atoms with Crippen molar-refractivity contribution in [2.45, 2.75) is 96.4 Å². The van der Waals surface area contributed by atoms with Crippen LogP contribution in [0.25, 0.3) is 0 Å². The van der Waals surface area contributed by atoms with E-state index in [9.17, 15) is 5.11 Å². The molecular formula is C23H38O3. The van der Waals surface area contributed by atoms with Crippen LogP contribution in [0.2, 0.25) is 0 Å². The summed E-state index contributed by atoms with van der Waals surface area (Å²) in [7, 11) is 0. The number of rotatable bonds is 14. The van der Waals surface area contributed by atoms with Crippen molar-refractivity contribution in [2.75, 3.05) is 6.61 Å². The molecule has 1 aliphatic rings. The summed E-state index contributed by atoms with van der Waals surface area (Å²) < 4.78 is 11.3. The lowest BCUT2D eigenvalue weighted by molar-refractivity contribution is -0.317. The number of para-hydroxylation sites is 1. The van der Waals surface area contributed by atoms with E-state index in [0.717, 1.165) is 19.3 Å². The van der Waals surface area contributed by atoms with Crippen LogP contribution in [-0.4, -0.2) is 17.7 Å². The second-order valence-corrected chi connectivity index (χ2v) is 7.70. The monoisotopic (exact) mass is 362 g/mol. The van der Waals surface area contributed by atoms with Gasteiger partial charge in [0, 0.05) is 0 Å². The van der Waals surface area contributed by atoms with E-state index in [0.29, 0.717) is 12.4 Å². The predicted molar refractivity (Wildman–Crippen MR) is 107 cm³/mol. The Morgan fingerprint density at radius 2 is 1.50 bits per heavy atom. The van der Waals surface area contributed by atoms with Crippen molar-refractivity contribution in [1.29, 1.82) is 0 Å². The van der Waals surface area contributed by atoms with Crippen LogP contribution in [0.4, 0.5) is 0 Å². The van der Waals surface area contributed by atoms with Gasteiger partial charge in [0.2, 0.25) is 0 Å². The molecule has 1 saturated heterocycles. The second-order valence-electron chi connectivity index (χ2n) is 7.70. The van der Waals surface area contributed by atoms with Crippen molar-refractivity contribution in [2.24, 2.45) is 5.92 Å². The lowest BCUT2D eigenvalue weighted by Gasteiger charge is -2.29. The topological polar surface area (TPSA) is 38.7 Å². The van der Waals surface area contributed by atoms with Gasteiger partial charge in [-0.05, 0) is 25.0 Å². The molecule has 26 heavy (non-hydrogen) atoms. The first-order chi connectivity index (χ1) is 12.7. The fourth-order valence-electron chi connectivity index (χ4n) is 3.80. The van der Waals surface area contributed by atoms with Crippen LogP contribution in [-0.2, 0) is 4.74 Å². The van der Waals surface area contributed by atoms with Gasteiger partial charge in [-0.25, -0.2) is 0 Å². The molecule has 2 unspecified atom stereocenters. The van der Waals surface area contributed by atoms with E-state index < -0.39 is 5.97 Å². The minimum atomic E-state index is -1.44. The Kier molecular flexibility index (Phi) is 10.1. The molecule has 0 aliphatic carbocycles. The number of ether oxygens (including phenoxy) is 2. The quantitative estimate of drug-likeness (QED) is 0.305. The maximum absolute atomic E-state index is 10.7. The highest BCUT2D eigenvalue weighted by Gasteiger charge is 2.45. The highest BCUT2D eigenvalue weighted by Crippen LogP contribution is 2.35. The number of hydrogen-bond donors (Lipinski definition) is 1. The van der Waals surface area contributed by atoms with E-state index in [1.807, 2.05) is 30.3 Å². The number of aliphatic hydroxyl groups is 1. The molecule has 0 radical (unpaired) electrons. The van der Waals surface area contributed by atoms with Crippen LogP contribution in [0.3, 0.4) is 0 Å². The first-order valence-corrected chi connectivity index (χ1v) is 10.8. The predicted octanol–water partition coefficient (Wildman–Crippen LogP) is 6.45. The van der Waals surface area contributed by atoms with Crippen molar-refractivity contribution in [3.05, 3.63) is 30.3 Å². The van der Waals surface area contributed by atoms with E-state index in [-0.39, 0.29) is 5.92 Å². The zero-order valence-corrected chi connectivity index (χ0v) is 16.6. The molecule has 0 saturated carbocycles. The van der Waals surface area contributed by atoms with Crippen molar-refractivity contribution < 1.29 is 14.6 Å². The van der Waals surface area contributed by atoms with Gasteiger partial charge in [-0.2, -0.15) is 0 Å². The summed E-state index contributed by atoms with van der Waals surface area (Å²) in [4.78, 5) is 0. The Morgan fingerprint density at radius 1 is 0.923 bits per heavy atom. The van der Waals surface area contributed by atoms with E-state index in [1.54, 1.807) is 0 Å². The zero-order chi connectivity index (χ0) is 18.5. The summed E-state index contributed by atoms with van der Waals surface area (Å²) in [6.07, 6.45) is 16.6. The molecule has 0 bridgehead atoms. The molecule has 148 valence electrons. The number of hydrogen-bond acceptors (Lipinski definition) is 3. The fraction of sp³-hybridized carbons (Fsp3) is 0.739. The number of benzene rings is 1. The average molecular weight is 363 g/mol. The van der Waals surface area contributed by atoms with Crippen LogP contribution >= 0.6 is 0 Å². The summed E-state index contributed by atoms with van der Waals surface area (Å²) in [5, 5.41) is 10.7. The molecule has 2 rings (SSSR count). The van der Waals surface area contributed by atoms with Crippen LogP contribution in [0.15, 0.2) is 30.3 Å². The normalized spacial score (nSPS) is 22.6. The maximum Gasteiger partial charge on any atom is 0.327 e. The standard InChI is InChI=1S/C23H38O3/c1-2-3-4-5-6-7-8-9-10-11-13-16-21-19-20-25-23(21,24)26-22-17-14-12-15-18-22/h12,14-15,17-18,21,24H,2-11,13,16,19-20H2,1H3. The third-order valence-corrected chi connectivity index (χ3v) is 5.45. The lowest BCUT2D eigenvalue weighted by atomic mass is 9.96. The SMILES string of the molecule is CCCCCCCCCCCCCC1CCOC1(O)Oc1ccccc1. The van der Waals surface area contributed by atoms with Crippen LogP contribution < -0.4 is 4.74 Å². The Labute approximate surface area is 160 Å². The van der Waals surface area contributed by atoms with Crippen LogP contribution in [0.5, 0.6) is 5.75 Å². The second kappa shape index (κ2) is 12.3. The fourth-order valence-corrected chi connectivity index (χ4v) is 3.80. The van der Waals surface area contributed by atoms with Crippen molar-refractivity contribution in [3.63, 3.8) is 0 Å². The summed E-state index contributed by atoms with van der Waals surface area (Å²) in [6, 6.07) is 9.48. The van der Waals surface area contributed by atoms with Gasteiger partial charge in [0.1, 0.15) is 5.75 Å². The summed E-state index contributed by atoms with van der Waals surface area (Å²) in [5.74, 6) is -0.707. The van der Waals surface area contributed by atoms with Gasteiger partial charge < -0.3 is 14.6 Å². The van der Waals surface area contributed by atoms with Gasteiger partial charge in [-0.1, -0.05) is 95.8 Å². The van der Waals surface area contributed by atoms with Crippen LogP contribution in [0, 0.1) is 5.92 Å².